The molecule has 2 rings (SSSR count). The maximum absolute atomic E-state index is 13.4. The zero-order valence-electron chi connectivity index (χ0n) is 8.96. The highest BCUT2D eigenvalue weighted by molar-refractivity contribution is 6.20. The largest absolute Gasteiger partial charge is 0.349 e. The first-order valence-corrected chi connectivity index (χ1v) is 5.65. The van der Waals surface area contributed by atoms with Crippen LogP contribution in [0.2, 0.25) is 0 Å². The lowest BCUT2D eigenvalue weighted by Crippen LogP contribution is -2.11. The van der Waals surface area contributed by atoms with E-state index in [2.05, 4.69) is 9.97 Å². The lowest BCUT2D eigenvalue weighted by atomic mass is 10.1. The summed E-state index contributed by atoms with van der Waals surface area (Å²) in [5, 5.41) is -0.396. The molecule has 1 N–H and O–H groups in total. The van der Waals surface area contributed by atoms with E-state index in [-0.39, 0.29) is 12.0 Å². The highest BCUT2D eigenvalue weighted by Crippen LogP contribution is 2.18. The molecule has 0 bridgehead atoms. The second-order valence-corrected chi connectivity index (χ2v) is 4.36. The molecular weight excluding hydrogens is 246 g/mol. The van der Waals surface area contributed by atoms with Crippen LogP contribution < -0.4 is 0 Å². The number of nitrogens with zero attached hydrogens (tertiary/aromatic N) is 1. The third-order valence-electron chi connectivity index (χ3n) is 2.46. The fraction of sp³-hybridized carbons (Fsp3) is 0.250. The lowest BCUT2D eigenvalue weighted by Gasteiger charge is -2.09. The number of H-pyrrole nitrogens is 1. The number of hydrogen-bond acceptors (Lipinski definition) is 1. The molecule has 17 heavy (non-hydrogen) atoms. The molecule has 1 heterocycles. The van der Waals surface area contributed by atoms with Crippen molar-refractivity contribution >= 4 is 11.6 Å². The van der Waals surface area contributed by atoms with Crippen LogP contribution in [-0.4, -0.2) is 15.3 Å². The van der Waals surface area contributed by atoms with Gasteiger partial charge in [-0.3, -0.25) is 0 Å². The van der Waals surface area contributed by atoms with Crippen LogP contribution in [-0.2, 0) is 12.8 Å². The van der Waals surface area contributed by atoms with E-state index in [4.69, 9.17) is 11.6 Å². The SMILES string of the molecule is Fc1cccc(F)c1CC(Cl)Cc1ncc[nH]1. The van der Waals surface area contributed by atoms with E-state index in [1.165, 1.54) is 18.2 Å². The second kappa shape index (κ2) is 5.27. The van der Waals surface area contributed by atoms with Crippen LogP contribution >= 0.6 is 11.6 Å². The fourth-order valence-electron chi connectivity index (χ4n) is 1.64. The molecule has 0 aliphatic carbocycles. The van der Waals surface area contributed by atoms with E-state index in [0.29, 0.717) is 12.2 Å². The van der Waals surface area contributed by atoms with Crippen LogP contribution in [0.1, 0.15) is 11.4 Å². The monoisotopic (exact) mass is 256 g/mol. The van der Waals surface area contributed by atoms with Gasteiger partial charge in [-0.05, 0) is 18.6 Å². The van der Waals surface area contributed by atoms with Gasteiger partial charge in [0.15, 0.2) is 0 Å². The number of aromatic amines is 1. The smallest absolute Gasteiger partial charge is 0.129 e. The summed E-state index contributed by atoms with van der Waals surface area (Å²) < 4.78 is 26.7. The van der Waals surface area contributed by atoms with Gasteiger partial charge in [-0.1, -0.05) is 6.07 Å². The molecule has 0 saturated carbocycles. The molecule has 1 aromatic carbocycles. The van der Waals surface area contributed by atoms with Crippen molar-refractivity contribution in [3.05, 3.63) is 53.6 Å². The second-order valence-electron chi connectivity index (χ2n) is 3.74. The third kappa shape index (κ3) is 3.03. The van der Waals surface area contributed by atoms with Crippen LogP contribution in [0, 0.1) is 11.6 Å². The predicted molar refractivity (Wildman–Crippen MR) is 62.0 cm³/mol. The van der Waals surface area contributed by atoms with Crippen LogP contribution in [0.4, 0.5) is 8.78 Å². The number of benzene rings is 1. The standard InChI is InChI=1S/C12H11ClF2N2/c13-8(7-12-16-4-5-17-12)6-9-10(14)2-1-3-11(9)15/h1-5,8H,6-7H2,(H,16,17). The van der Waals surface area contributed by atoms with E-state index in [1.54, 1.807) is 12.4 Å². The van der Waals surface area contributed by atoms with Gasteiger partial charge in [0.2, 0.25) is 0 Å². The summed E-state index contributed by atoms with van der Waals surface area (Å²) in [6.07, 6.45) is 3.88. The Morgan fingerprint density at radius 1 is 1.24 bits per heavy atom. The Balaban J connectivity index is 2.05. The van der Waals surface area contributed by atoms with E-state index >= 15 is 0 Å². The molecule has 0 aliphatic heterocycles. The van der Waals surface area contributed by atoms with Crippen LogP contribution in [0.5, 0.6) is 0 Å². The summed E-state index contributed by atoms with van der Waals surface area (Å²) in [5.41, 5.74) is 0.0269. The van der Waals surface area contributed by atoms with Crippen molar-refractivity contribution in [3.8, 4) is 0 Å². The number of halogens is 3. The Hall–Kier alpha value is -1.42. The summed E-state index contributed by atoms with van der Waals surface area (Å²) in [6.45, 7) is 0. The number of hydrogen-bond donors (Lipinski definition) is 1. The Labute approximate surface area is 103 Å². The Morgan fingerprint density at radius 2 is 1.94 bits per heavy atom. The average molecular weight is 257 g/mol. The first-order chi connectivity index (χ1) is 8.16. The van der Waals surface area contributed by atoms with E-state index in [0.717, 1.165) is 0 Å². The van der Waals surface area contributed by atoms with Gasteiger partial charge < -0.3 is 4.98 Å². The lowest BCUT2D eigenvalue weighted by molar-refractivity contribution is 0.550. The molecule has 0 aliphatic rings. The molecule has 90 valence electrons. The minimum Gasteiger partial charge on any atom is -0.349 e. The number of rotatable bonds is 4. The Morgan fingerprint density at radius 3 is 2.53 bits per heavy atom. The zero-order valence-corrected chi connectivity index (χ0v) is 9.72. The van der Waals surface area contributed by atoms with Crippen LogP contribution in [0.25, 0.3) is 0 Å². The van der Waals surface area contributed by atoms with Crippen molar-refractivity contribution in [2.24, 2.45) is 0 Å². The topological polar surface area (TPSA) is 28.7 Å². The maximum Gasteiger partial charge on any atom is 0.129 e. The Kier molecular flexibility index (Phi) is 3.74. The molecule has 1 unspecified atom stereocenters. The molecule has 0 radical (unpaired) electrons. The minimum absolute atomic E-state index is 0.0269. The number of nitrogens with one attached hydrogen (secondary N) is 1. The first kappa shape index (κ1) is 12.0. The van der Waals surface area contributed by atoms with Crippen molar-refractivity contribution in [3.63, 3.8) is 0 Å². The quantitative estimate of drug-likeness (QED) is 0.837. The van der Waals surface area contributed by atoms with Crippen molar-refractivity contribution in [2.75, 3.05) is 0 Å². The van der Waals surface area contributed by atoms with Crippen molar-refractivity contribution < 1.29 is 8.78 Å². The average Bonchev–Trinajstić information content (AvgIpc) is 2.76. The fourth-order valence-corrected chi connectivity index (χ4v) is 1.94. The number of alkyl halides is 1. The van der Waals surface area contributed by atoms with Crippen LogP contribution in [0.15, 0.2) is 30.6 Å². The molecule has 0 fully saturated rings. The van der Waals surface area contributed by atoms with E-state index in [1.807, 2.05) is 0 Å². The molecule has 2 nitrogen and oxygen atoms in total. The number of imidazole rings is 1. The van der Waals surface area contributed by atoms with Gasteiger partial charge in [0.25, 0.3) is 0 Å². The molecular formula is C12H11ClF2N2. The van der Waals surface area contributed by atoms with Gasteiger partial charge >= 0.3 is 0 Å². The normalized spacial score (nSPS) is 12.6. The molecule has 0 amide bonds. The van der Waals surface area contributed by atoms with Gasteiger partial charge in [-0.15, -0.1) is 11.6 Å². The molecule has 0 spiro atoms. The first-order valence-electron chi connectivity index (χ1n) is 5.22. The Bertz CT molecular complexity index is 465. The van der Waals surface area contributed by atoms with E-state index < -0.39 is 17.0 Å². The molecule has 1 atom stereocenters. The van der Waals surface area contributed by atoms with Gasteiger partial charge in [0.1, 0.15) is 17.5 Å². The van der Waals surface area contributed by atoms with Crippen molar-refractivity contribution in [1.29, 1.82) is 0 Å². The summed E-state index contributed by atoms with van der Waals surface area (Å²) in [6, 6.07) is 3.80. The van der Waals surface area contributed by atoms with Gasteiger partial charge in [0.05, 0.1) is 0 Å². The number of aromatic nitrogens is 2. The van der Waals surface area contributed by atoms with Gasteiger partial charge in [-0.25, -0.2) is 13.8 Å². The maximum atomic E-state index is 13.4. The minimum atomic E-state index is -0.560. The van der Waals surface area contributed by atoms with Gasteiger partial charge in [-0.2, -0.15) is 0 Å². The zero-order chi connectivity index (χ0) is 12.3. The highest BCUT2D eigenvalue weighted by Gasteiger charge is 2.15. The van der Waals surface area contributed by atoms with Gasteiger partial charge in [0, 0.05) is 29.8 Å². The predicted octanol–water partition coefficient (Wildman–Crippen LogP) is 3.08. The third-order valence-corrected chi connectivity index (χ3v) is 2.77. The van der Waals surface area contributed by atoms with Crippen molar-refractivity contribution in [1.82, 2.24) is 9.97 Å². The van der Waals surface area contributed by atoms with Crippen LogP contribution in [0.3, 0.4) is 0 Å². The summed E-state index contributed by atoms with van der Waals surface area (Å²) in [7, 11) is 0. The molecule has 5 heteroatoms. The van der Waals surface area contributed by atoms with Crippen molar-refractivity contribution in [2.45, 2.75) is 18.2 Å². The summed E-state index contributed by atoms with van der Waals surface area (Å²) >= 11 is 6.06. The molecule has 0 saturated heterocycles. The highest BCUT2D eigenvalue weighted by atomic mass is 35.5. The molecule has 1 aromatic heterocycles. The summed E-state index contributed by atoms with van der Waals surface area (Å²) in [4.78, 5) is 6.92. The molecule has 2 aromatic rings. The summed E-state index contributed by atoms with van der Waals surface area (Å²) in [5.74, 6) is -0.410. The van der Waals surface area contributed by atoms with E-state index in [9.17, 15) is 8.78 Å².